The number of nitrogens with zero attached hydrogens (tertiary/aromatic N) is 2. The van der Waals surface area contributed by atoms with Crippen LogP contribution in [0.25, 0.3) is 0 Å². The molecule has 0 spiro atoms. The lowest BCUT2D eigenvalue weighted by molar-refractivity contribution is -0.137. The van der Waals surface area contributed by atoms with Crippen molar-refractivity contribution in [1.82, 2.24) is 0 Å². The van der Waals surface area contributed by atoms with Crippen molar-refractivity contribution in [3.63, 3.8) is 0 Å². The molecule has 0 aliphatic carbocycles. The van der Waals surface area contributed by atoms with E-state index in [-0.39, 0.29) is 6.61 Å². The highest BCUT2D eigenvalue weighted by molar-refractivity contribution is 5.91. The van der Waals surface area contributed by atoms with Crippen LogP contribution in [0, 0.1) is 0 Å². The van der Waals surface area contributed by atoms with Crippen molar-refractivity contribution in [1.29, 1.82) is 0 Å². The molecule has 228 valence electrons. The van der Waals surface area contributed by atoms with E-state index in [1.807, 2.05) is 24.3 Å². The van der Waals surface area contributed by atoms with E-state index in [0.29, 0.717) is 66.8 Å². The molecule has 0 fully saturated rings. The van der Waals surface area contributed by atoms with Crippen molar-refractivity contribution in [2.24, 2.45) is 10.2 Å². The van der Waals surface area contributed by atoms with Gasteiger partial charge in [-0.25, -0.2) is 9.59 Å². The van der Waals surface area contributed by atoms with E-state index in [1.54, 1.807) is 42.5 Å². The number of carbonyl (C=O) groups excluding carboxylic acids is 2. The summed E-state index contributed by atoms with van der Waals surface area (Å²) in [6.07, 6.45) is 6.43. The molecule has 3 aromatic carbocycles. The second-order valence-electron chi connectivity index (χ2n) is 9.57. The fraction of sp³-hybridized carbons (Fsp3) is 0.353. The predicted octanol–water partition coefficient (Wildman–Crippen LogP) is 8.57. The maximum atomic E-state index is 12.8. The summed E-state index contributed by atoms with van der Waals surface area (Å²) in [4.78, 5) is 24.0. The van der Waals surface area contributed by atoms with Crippen LogP contribution in [0.4, 0.5) is 11.4 Å². The van der Waals surface area contributed by atoms with Gasteiger partial charge in [0.1, 0.15) is 22.9 Å². The summed E-state index contributed by atoms with van der Waals surface area (Å²) < 4.78 is 28.0. The fourth-order valence-electron chi connectivity index (χ4n) is 3.62. The highest BCUT2D eigenvalue weighted by Crippen LogP contribution is 2.34. The van der Waals surface area contributed by atoms with Gasteiger partial charge in [-0.15, -0.1) is 5.11 Å². The maximum absolute atomic E-state index is 12.8. The third-order valence-electron chi connectivity index (χ3n) is 6.08. The average Bonchev–Trinajstić information content (AvgIpc) is 3.03. The maximum Gasteiger partial charge on any atom is 0.343 e. The first-order chi connectivity index (χ1) is 21.0. The van der Waals surface area contributed by atoms with Crippen molar-refractivity contribution < 1.29 is 33.3 Å². The second kappa shape index (κ2) is 18.7. The number of benzene rings is 3. The minimum atomic E-state index is -0.509. The largest absolute Gasteiger partial charge is 0.494 e. The van der Waals surface area contributed by atoms with Crippen LogP contribution in [-0.2, 0) is 9.53 Å². The Labute approximate surface area is 253 Å². The third-order valence-corrected chi connectivity index (χ3v) is 6.08. The minimum absolute atomic E-state index is 0.263. The Bertz CT molecular complexity index is 1320. The number of hydrogen-bond acceptors (Lipinski definition) is 9. The van der Waals surface area contributed by atoms with Gasteiger partial charge in [-0.05, 0) is 86.3 Å². The van der Waals surface area contributed by atoms with Crippen LogP contribution in [0.15, 0.2) is 89.6 Å². The number of rotatable bonds is 19. The zero-order valence-corrected chi connectivity index (χ0v) is 25.0. The smallest absolute Gasteiger partial charge is 0.343 e. The lowest BCUT2D eigenvalue weighted by Gasteiger charge is -2.11. The Kier molecular flexibility index (Phi) is 14.3. The zero-order valence-electron chi connectivity index (χ0n) is 25.0. The number of unbranched alkanes of at least 4 members (excludes halogenated alkanes) is 3. The Balaban J connectivity index is 1.67. The first-order valence-corrected chi connectivity index (χ1v) is 14.7. The van der Waals surface area contributed by atoms with Gasteiger partial charge in [0.15, 0.2) is 5.75 Å². The number of ether oxygens (including phenoxy) is 5. The van der Waals surface area contributed by atoms with Crippen LogP contribution in [0.1, 0.15) is 62.7 Å². The SMILES string of the molecule is C=CC(=O)OCCCCOc1cc(OC(=O)c2ccc(OCCCC)cc2)ccc1/N=N/c1ccc(OCCCC)cc1. The molecule has 3 rings (SSSR count). The Morgan fingerprint density at radius 3 is 1.91 bits per heavy atom. The molecule has 0 aliphatic rings. The zero-order chi connectivity index (χ0) is 30.7. The molecule has 3 aromatic rings. The number of esters is 2. The Morgan fingerprint density at radius 2 is 1.28 bits per heavy atom. The van der Waals surface area contributed by atoms with Gasteiger partial charge in [0, 0.05) is 12.1 Å². The predicted molar refractivity (Wildman–Crippen MR) is 165 cm³/mol. The summed E-state index contributed by atoms with van der Waals surface area (Å²) >= 11 is 0. The number of azo groups is 1. The highest BCUT2D eigenvalue weighted by Gasteiger charge is 2.12. The van der Waals surface area contributed by atoms with E-state index < -0.39 is 11.9 Å². The topological polar surface area (TPSA) is 105 Å². The molecule has 0 aromatic heterocycles. The quantitative estimate of drug-likeness (QED) is 0.0454. The fourth-order valence-corrected chi connectivity index (χ4v) is 3.62. The third kappa shape index (κ3) is 12.0. The van der Waals surface area contributed by atoms with Gasteiger partial charge < -0.3 is 23.7 Å². The van der Waals surface area contributed by atoms with Crippen molar-refractivity contribution >= 4 is 23.3 Å². The first kappa shape index (κ1) is 32.8. The van der Waals surface area contributed by atoms with E-state index in [0.717, 1.165) is 37.5 Å². The number of carbonyl (C=O) groups is 2. The molecule has 0 bridgehead atoms. The molecule has 0 heterocycles. The summed E-state index contributed by atoms with van der Waals surface area (Å²) in [7, 11) is 0. The van der Waals surface area contributed by atoms with Gasteiger partial charge in [0.2, 0.25) is 0 Å². The van der Waals surface area contributed by atoms with Gasteiger partial charge in [0.05, 0.1) is 37.7 Å². The van der Waals surface area contributed by atoms with Crippen molar-refractivity contribution in [2.45, 2.75) is 52.4 Å². The summed E-state index contributed by atoms with van der Waals surface area (Å²) in [6, 6.07) is 19.1. The van der Waals surface area contributed by atoms with E-state index in [1.165, 1.54) is 0 Å². The molecule has 9 nitrogen and oxygen atoms in total. The molecule has 9 heteroatoms. The van der Waals surface area contributed by atoms with E-state index in [2.05, 4.69) is 30.7 Å². The van der Waals surface area contributed by atoms with Crippen molar-refractivity contribution in [3.8, 4) is 23.0 Å². The van der Waals surface area contributed by atoms with Crippen molar-refractivity contribution in [3.05, 3.63) is 84.9 Å². The average molecular weight is 589 g/mol. The molecule has 0 saturated carbocycles. The van der Waals surface area contributed by atoms with Crippen LogP contribution < -0.4 is 18.9 Å². The van der Waals surface area contributed by atoms with E-state index in [4.69, 9.17) is 23.7 Å². The van der Waals surface area contributed by atoms with Crippen LogP contribution in [0.3, 0.4) is 0 Å². The molecule has 0 N–H and O–H groups in total. The summed E-state index contributed by atoms with van der Waals surface area (Å²) in [5.74, 6) is 1.21. The van der Waals surface area contributed by atoms with Gasteiger partial charge in [-0.1, -0.05) is 33.3 Å². The molecule has 0 amide bonds. The second-order valence-corrected chi connectivity index (χ2v) is 9.57. The highest BCUT2D eigenvalue weighted by atomic mass is 16.5. The van der Waals surface area contributed by atoms with Crippen LogP contribution in [0.5, 0.6) is 23.0 Å². The molecular formula is C34H40N2O7. The van der Waals surface area contributed by atoms with Crippen LogP contribution in [0.2, 0.25) is 0 Å². The van der Waals surface area contributed by atoms with Crippen LogP contribution >= 0.6 is 0 Å². The Hall–Kier alpha value is -4.66. The standard InChI is InChI=1S/C34H40N2O7/c1-4-7-21-39-28-15-11-26(12-16-28)34(38)43-30-19-20-31(32(25-30)41-23-9-10-24-42-33(37)6-3)36-35-27-13-17-29(18-14-27)40-22-8-5-2/h6,11-20,25H,3-5,7-10,21-24H2,1-2H3/b36-35+. The summed E-state index contributed by atoms with van der Waals surface area (Å²) in [6.45, 7) is 9.49. The minimum Gasteiger partial charge on any atom is -0.494 e. The number of hydrogen-bond donors (Lipinski definition) is 0. The van der Waals surface area contributed by atoms with Gasteiger partial charge in [-0.3, -0.25) is 0 Å². The van der Waals surface area contributed by atoms with Gasteiger partial charge in [0.25, 0.3) is 0 Å². The lowest BCUT2D eigenvalue weighted by atomic mass is 10.2. The normalized spacial score (nSPS) is 10.7. The molecule has 0 aliphatic heterocycles. The van der Waals surface area contributed by atoms with Gasteiger partial charge in [-0.2, -0.15) is 5.11 Å². The monoisotopic (exact) mass is 588 g/mol. The van der Waals surface area contributed by atoms with E-state index >= 15 is 0 Å². The summed E-state index contributed by atoms with van der Waals surface area (Å²) in [5, 5.41) is 8.71. The summed E-state index contributed by atoms with van der Waals surface area (Å²) in [5.41, 5.74) is 1.51. The molecule has 0 unspecified atom stereocenters. The van der Waals surface area contributed by atoms with Gasteiger partial charge >= 0.3 is 11.9 Å². The first-order valence-electron chi connectivity index (χ1n) is 14.7. The molecule has 0 saturated heterocycles. The lowest BCUT2D eigenvalue weighted by Crippen LogP contribution is -2.09. The molecule has 0 atom stereocenters. The van der Waals surface area contributed by atoms with Crippen molar-refractivity contribution in [2.75, 3.05) is 26.4 Å². The molecule has 0 radical (unpaired) electrons. The molecular weight excluding hydrogens is 548 g/mol. The Morgan fingerprint density at radius 1 is 0.698 bits per heavy atom. The van der Waals surface area contributed by atoms with Crippen LogP contribution in [-0.4, -0.2) is 38.4 Å². The van der Waals surface area contributed by atoms with E-state index in [9.17, 15) is 9.59 Å². The molecule has 43 heavy (non-hydrogen) atoms.